The average molecular weight is 504 g/mol. The molecular weight excluding hydrogens is 474 g/mol. The lowest BCUT2D eigenvalue weighted by atomic mass is 9.71. The number of hydrogen-bond acceptors (Lipinski definition) is 7. The zero-order valence-electron chi connectivity index (χ0n) is 21.5. The molecule has 2 heterocycles. The van der Waals surface area contributed by atoms with Gasteiger partial charge in [0.15, 0.2) is 5.43 Å². The Hall–Kier alpha value is -4.07. The van der Waals surface area contributed by atoms with Crippen molar-refractivity contribution in [2.45, 2.75) is 26.2 Å². The minimum atomic E-state index is -0.595. The highest BCUT2D eigenvalue weighted by atomic mass is 16.5. The molecule has 2 aliphatic rings. The van der Waals surface area contributed by atoms with Crippen molar-refractivity contribution in [3.63, 3.8) is 0 Å². The largest absolute Gasteiger partial charge is 0.497 e. The van der Waals surface area contributed by atoms with E-state index >= 15 is 0 Å². The van der Waals surface area contributed by atoms with Gasteiger partial charge in [0.1, 0.15) is 34.0 Å². The molecule has 1 saturated heterocycles. The second-order valence-electron chi connectivity index (χ2n) is 9.40. The van der Waals surface area contributed by atoms with Gasteiger partial charge in [-0.1, -0.05) is 11.6 Å². The molecule has 2 amide bonds. The minimum Gasteiger partial charge on any atom is -0.497 e. The third-order valence-corrected chi connectivity index (χ3v) is 7.38. The van der Waals surface area contributed by atoms with Crippen LogP contribution in [0.15, 0.2) is 57.3 Å². The quantitative estimate of drug-likeness (QED) is 0.360. The number of carbonyl (C=O) groups excluding carboxylic acids is 2. The summed E-state index contributed by atoms with van der Waals surface area (Å²) in [7, 11) is 4.58. The zero-order valence-corrected chi connectivity index (χ0v) is 21.5. The van der Waals surface area contributed by atoms with Crippen molar-refractivity contribution in [1.82, 2.24) is 4.90 Å². The van der Waals surface area contributed by atoms with Crippen LogP contribution < -0.4 is 19.6 Å². The van der Waals surface area contributed by atoms with Crippen LogP contribution in [0.5, 0.6) is 17.2 Å². The molecule has 1 aliphatic carbocycles. The van der Waals surface area contributed by atoms with Crippen molar-refractivity contribution in [3.8, 4) is 28.6 Å². The maximum Gasteiger partial charge on any atom is 0.234 e. The summed E-state index contributed by atoms with van der Waals surface area (Å²) in [5.74, 6) is -0.130. The van der Waals surface area contributed by atoms with Gasteiger partial charge in [-0.05, 0) is 44.5 Å². The smallest absolute Gasteiger partial charge is 0.234 e. The number of ether oxygens (including phenoxy) is 3. The Morgan fingerprint density at radius 1 is 0.973 bits per heavy atom. The van der Waals surface area contributed by atoms with Gasteiger partial charge in [-0.3, -0.25) is 19.3 Å². The Balaban J connectivity index is 1.72. The molecule has 8 heteroatoms. The molecule has 0 saturated carbocycles. The van der Waals surface area contributed by atoms with Gasteiger partial charge in [0.05, 0.1) is 33.2 Å². The molecule has 1 fully saturated rings. The van der Waals surface area contributed by atoms with E-state index in [9.17, 15) is 14.4 Å². The highest BCUT2D eigenvalue weighted by Crippen LogP contribution is 2.51. The molecule has 37 heavy (non-hydrogen) atoms. The first kappa shape index (κ1) is 24.6. The molecular formula is C29H29NO7. The van der Waals surface area contributed by atoms with Gasteiger partial charge >= 0.3 is 0 Å². The fourth-order valence-electron chi connectivity index (χ4n) is 5.71. The number of benzene rings is 2. The van der Waals surface area contributed by atoms with Crippen LogP contribution in [0, 0.1) is 11.8 Å². The first-order valence-corrected chi connectivity index (χ1v) is 12.2. The van der Waals surface area contributed by atoms with E-state index in [-0.39, 0.29) is 28.4 Å². The molecule has 1 aliphatic heterocycles. The van der Waals surface area contributed by atoms with Crippen LogP contribution in [-0.2, 0) is 9.59 Å². The van der Waals surface area contributed by atoms with Crippen LogP contribution in [0.3, 0.4) is 0 Å². The number of imide groups is 1. The van der Waals surface area contributed by atoms with E-state index in [1.165, 1.54) is 25.2 Å². The molecule has 3 atom stereocenters. The maximum atomic E-state index is 13.5. The summed E-state index contributed by atoms with van der Waals surface area (Å²) in [6.45, 7) is 4.07. The number of hydrogen-bond donors (Lipinski definition) is 0. The van der Waals surface area contributed by atoms with Gasteiger partial charge < -0.3 is 18.6 Å². The molecule has 192 valence electrons. The summed E-state index contributed by atoms with van der Waals surface area (Å²) in [5, 5.41) is 0.257. The summed E-state index contributed by atoms with van der Waals surface area (Å²) in [6, 6.07) is 10.3. The number of amides is 2. The third-order valence-electron chi connectivity index (χ3n) is 7.38. The topological polar surface area (TPSA) is 95.3 Å². The van der Waals surface area contributed by atoms with Crippen molar-refractivity contribution in [3.05, 3.63) is 63.8 Å². The van der Waals surface area contributed by atoms with Crippen LogP contribution >= 0.6 is 0 Å². The molecule has 1 aromatic heterocycles. The highest BCUT2D eigenvalue weighted by Gasteiger charge is 2.52. The van der Waals surface area contributed by atoms with E-state index in [0.29, 0.717) is 46.9 Å². The number of carbonyl (C=O) groups is 2. The lowest BCUT2D eigenvalue weighted by Gasteiger charge is -2.31. The molecule has 0 radical (unpaired) electrons. The van der Waals surface area contributed by atoms with Gasteiger partial charge in [-0.15, -0.1) is 0 Å². The summed E-state index contributed by atoms with van der Waals surface area (Å²) in [4.78, 5) is 41.2. The van der Waals surface area contributed by atoms with Gasteiger partial charge in [-0.25, -0.2) is 0 Å². The molecule has 0 bridgehead atoms. The first-order chi connectivity index (χ1) is 17.8. The van der Waals surface area contributed by atoms with Crippen molar-refractivity contribution in [2.75, 3.05) is 27.9 Å². The Labute approximate surface area is 214 Å². The second kappa shape index (κ2) is 9.42. The third kappa shape index (κ3) is 3.87. The minimum absolute atomic E-state index is 0.155. The van der Waals surface area contributed by atoms with E-state index in [1.54, 1.807) is 32.2 Å². The van der Waals surface area contributed by atoms with Crippen molar-refractivity contribution >= 4 is 22.8 Å². The SMILES string of the molecule is CCN1C(=O)[C@@H]2CC(C)=CC(c3c(OC)cc4oc(-c5ccc(OC)cc5)cc(=O)c4c3OC)[C@@H]2C1=O. The van der Waals surface area contributed by atoms with E-state index in [0.717, 1.165) is 5.57 Å². The van der Waals surface area contributed by atoms with E-state index in [2.05, 4.69) is 0 Å². The van der Waals surface area contributed by atoms with Crippen molar-refractivity contribution in [1.29, 1.82) is 0 Å². The predicted octanol–water partition coefficient (Wildman–Crippen LogP) is 4.54. The molecule has 8 nitrogen and oxygen atoms in total. The number of methoxy groups -OCH3 is 3. The molecule has 0 N–H and O–H groups in total. The van der Waals surface area contributed by atoms with Gasteiger partial charge in [-0.2, -0.15) is 0 Å². The molecule has 1 unspecified atom stereocenters. The van der Waals surface area contributed by atoms with Crippen molar-refractivity contribution in [2.24, 2.45) is 11.8 Å². The molecule has 0 spiro atoms. The van der Waals surface area contributed by atoms with Crippen molar-refractivity contribution < 1.29 is 28.2 Å². The summed E-state index contributed by atoms with van der Waals surface area (Å²) in [6.07, 6.45) is 2.51. The van der Waals surface area contributed by atoms with Crippen LogP contribution in [0.1, 0.15) is 31.7 Å². The number of rotatable bonds is 6. The van der Waals surface area contributed by atoms with Crippen LogP contribution in [-0.4, -0.2) is 44.6 Å². The molecule has 2 aromatic carbocycles. The Bertz CT molecular complexity index is 1480. The second-order valence-corrected chi connectivity index (χ2v) is 9.40. The summed E-state index contributed by atoms with van der Waals surface area (Å²) < 4.78 is 23.0. The van der Waals surface area contributed by atoms with Crippen LogP contribution in [0.4, 0.5) is 0 Å². The van der Waals surface area contributed by atoms with Crippen LogP contribution in [0.2, 0.25) is 0 Å². The lowest BCUT2D eigenvalue weighted by Crippen LogP contribution is -2.31. The summed E-state index contributed by atoms with van der Waals surface area (Å²) in [5.41, 5.74) is 2.29. The number of likely N-dealkylation sites (tertiary alicyclic amines) is 1. The number of fused-ring (bicyclic) bond motifs is 2. The van der Waals surface area contributed by atoms with Crippen LogP contribution in [0.25, 0.3) is 22.3 Å². The predicted molar refractivity (Wildman–Crippen MR) is 138 cm³/mol. The van der Waals surface area contributed by atoms with E-state index in [4.69, 9.17) is 18.6 Å². The molecule has 3 aromatic rings. The summed E-state index contributed by atoms with van der Waals surface area (Å²) >= 11 is 0. The van der Waals surface area contributed by atoms with Gasteiger partial charge in [0.2, 0.25) is 11.8 Å². The normalized spacial score (nSPS) is 21.2. The highest BCUT2D eigenvalue weighted by molar-refractivity contribution is 6.06. The van der Waals surface area contributed by atoms with E-state index < -0.39 is 17.8 Å². The monoisotopic (exact) mass is 503 g/mol. The maximum absolute atomic E-state index is 13.5. The fourth-order valence-corrected chi connectivity index (χ4v) is 5.71. The Morgan fingerprint density at radius 3 is 2.32 bits per heavy atom. The lowest BCUT2D eigenvalue weighted by molar-refractivity contribution is -0.139. The van der Waals surface area contributed by atoms with E-state index in [1.807, 2.05) is 25.1 Å². The fraction of sp³-hybridized carbons (Fsp3) is 0.345. The average Bonchev–Trinajstić information content (AvgIpc) is 3.15. The number of nitrogens with zero attached hydrogens (tertiary/aromatic N) is 1. The number of allylic oxidation sites excluding steroid dienone is 2. The Morgan fingerprint density at radius 2 is 1.70 bits per heavy atom. The van der Waals surface area contributed by atoms with Gasteiger partial charge in [0.25, 0.3) is 0 Å². The first-order valence-electron chi connectivity index (χ1n) is 12.2. The Kier molecular flexibility index (Phi) is 6.27. The standard InChI is InChI=1S/C29H29NO7/c1-6-30-28(32)19-12-15(2)11-18(24(19)29(30)33)25-22(35-4)14-23-26(27(25)36-5)20(31)13-21(37-23)16-7-9-17(34-3)10-8-16/h7-11,13-14,18-19,24H,6,12H2,1-5H3/t18?,19-,24+/m1/s1. The molecule has 5 rings (SSSR count). The van der Waals surface area contributed by atoms with Gasteiger partial charge in [0, 0.05) is 35.7 Å². The zero-order chi connectivity index (χ0) is 26.4.